The molecule has 1 amide bonds. The lowest BCUT2D eigenvalue weighted by Crippen LogP contribution is -2.44. The second-order valence-corrected chi connectivity index (χ2v) is 6.51. The van der Waals surface area contributed by atoms with Crippen molar-refractivity contribution in [1.82, 2.24) is 4.90 Å². The highest BCUT2D eigenvalue weighted by molar-refractivity contribution is 5.79. The monoisotopic (exact) mass is 287 g/mol. The number of aliphatic hydroxyl groups excluding tert-OH is 1. The van der Waals surface area contributed by atoms with Crippen LogP contribution in [0.5, 0.6) is 0 Å². The zero-order valence-corrected chi connectivity index (χ0v) is 12.6. The fourth-order valence-corrected chi connectivity index (χ4v) is 3.85. The predicted molar refractivity (Wildman–Crippen MR) is 83.0 cm³/mol. The topological polar surface area (TPSA) is 40.5 Å². The lowest BCUT2D eigenvalue weighted by Gasteiger charge is -2.36. The van der Waals surface area contributed by atoms with Crippen molar-refractivity contribution in [3.63, 3.8) is 0 Å². The molecule has 2 atom stereocenters. The average molecular weight is 287 g/mol. The number of aliphatic hydroxyl groups is 1. The van der Waals surface area contributed by atoms with Crippen LogP contribution in [0.1, 0.15) is 36.8 Å². The summed E-state index contributed by atoms with van der Waals surface area (Å²) in [6, 6.07) is 8.52. The largest absolute Gasteiger partial charge is 0.396 e. The number of carbonyl (C=O) groups is 1. The molecule has 1 heterocycles. The van der Waals surface area contributed by atoms with E-state index < -0.39 is 0 Å². The Bertz CT molecular complexity index is 498. The maximum absolute atomic E-state index is 12.8. The first-order chi connectivity index (χ1) is 10.3. The fourth-order valence-electron chi connectivity index (χ4n) is 3.85. The maximum atomic E-state index is 12.8. The minimum absolute atomic E-state index is 0.160. The second kappa shape index (κ2) is 6.61. The van der Waals surface area contributed by atoms with E-state index in [2.05, 4.69) is 29.2 Å². The number of rotatable bonds is 3. The lowest BCUT2D eigenvalue weighted by molar-refractivity contribution is -0.137. The first kappa shape index (κ1) is 14.6. The van der Waals surface area contributed by atoms with E-state index in [9.17, 15) is 4.79 Å². The van der Waals surface area contributed by atoms with Crippen molar-refractivity contribution in [2.24, 2.45) is 11.8 Å². The molecule has 1 aliphatic carbocycles. The predicted octanol–water partition coefficient (Wildman–Crippen LogP) is 2.41. The zero-order valence-electron chi connectivity index (χ0n) is 12.6. The molecule has 2 aliphatic rings. The number of nitrogens with zero attached hydrogens (tertiary/aromatic N) is 1. The minimum Gasteiger partial charge on any atom is -0.396 e. The molecule has 0 saturated carbocycles. The number of fused-ring (bicyclic) bond motifs is 1. The number of benzene rings is 1. The molecule has 0 aromatic heterocycles. The SMILES string of the molecule is O=C(C1CCc2ccccc2C1)N1CCCC(CCO)C1. The van der Waals surface area contributed by atoms with Crippen molar-refractivity contribution in [2.75, 3.05) is 19.7 Å². The van der Waals surface area contributed by atoms with E-state index in [0.29, 0.717) is 11.8 Å². The smallest absolute Gasteiger partial charge is 0.226 e. The summed E-state index contributed by atoms with van der Waals surface area (Å²) in [6.07, 6.45) is 5.97. The number of piperidine rings is 1. The van der Waals surface area contributed by atoms with E-state index in [1.807, 2.05) is 0 Å². The fraction of sp³-hybridized carbons (Fsp3) is 0.611. The number of likely N-dealkylation sites (tertiary alicyclic amines) is 1. The van der Waals surface area contributed by atoms with Gasteiger partial charge in [0.15, 0.2) is 0 Å². The summed E-state index contributed by atoms with van der Waals surface area (Å²) >= 11 is 0. The van der Waals surface area contributed by atoms with Crippen molar-refractivity contribution in [3.8, 4) is 0 Å². The van der Waals surface area contributed by atoms with Gasteiger partial charge < -0.3 is 10.0 Å². The molecule has 114 valence electrons. The standard InChI is InChI=1S/C18H25NO2/c20-11-9-14-4-3-10-19(13-14)18(21)17-8-7-15-5-1-2-6-16(15)12-17/h1-2,5-6,14,17,20H,3-4,7-13H2. The van der Waals surface area contributed by atoms with Crippen molar-refractivity contribution in [2.45, 2.75) is 38.5 Å². The van der Waals surface area contributed by atoms with Crippen molar-refractivity contribution in [1.29, 1.82) is 0 Å². The molecule has 1 aromatic rings. The molecule has 3 rings (SSSR count). The molecule has 0 spiro atoms. The molecule has 2 unspecified atom stereocenters. The minimum atomic E-state index is 0.160. The van der Waals surface area contributed by atoms with Gasteiger partial charge in [-0.3, -0.25) is 4.79 Å². The summed E-state index contributed by atoms with van der Waals surface area (Å²) < 4.78 is 0. The summed E-state index contributed by atoms with van der Waals surface area (Å²) in [6.45, 7) is 1.99. The molecule has 1 aliphatic heterocycles. The van der Waals surface area contributed by atoms with E-state index in [4.69, 9.17) is 5.11 Å². The van der Waals surface area contributed by atoms with Crippen LogP contribution in [-0.2, 0) is 17.6 Å². The van der Waals surface area contributed by atoms with Gasteiger partial charge in [-0.1, -0.05) is 24.3 Å². The normalized spacial score (nSPS) is 25.5. The molecule has 0 bridgehead atoms. The van der Waals surface area contributed by atoms with Gasteiger partial charge in [0, 0.05) is 25.6 Å². The van der Waals surface area contributed by atoms with E-state index in [0.717, 1.165) is 51.6 Å². The average Bonchev–Trinajstić information content (AvgIpc) is 2.54. The van der Waals surface area contributed by atoms with E-state index >= 15 is 0 Å². The van der Waals surface area contributed by atoms with Crippen molar-refractivity contribution < 1.29 is 9.90 Å². The number of hydrogen-bond donors (Lipinski definition) is 1. The van der Waals surface area contributed by atoms with Crippen LogP contribution in [0.15, 0.2) is 24.3 Å². The van der Waals surface area contributed by atoms with Gasteiger partial charge in [0.2, 0.25) is 5.91 Å². The Labute approximate surface area is 127 Å². The number of carbonyl (C=O) groups excluding carboxylic acids is 1. The molecule has 1 saturated heterocycles. The van der Waals surface area contributed by atoms with Crippen LogP contribution < -0.4 is 0 Å². The van der Waals surface area contributed by atoms with Gasteiger partial charge in [-0.05, 0) is 55.6 Å². The summed E-state index contributed by atoms with van der Waals surface area (Å²) in [4.78, 5) is 14.8. The van der Waals surface area contributed by atoms with Gasteiger partial charge in [0.05, 0.1) is 0 Å². The summed E-state index contributed by atoms with van der Waals surface area (Å²) in [5.41, 5.74) is 2.77. The second-order valence-electron chi connectivity index (χ2n) is 6.51. The van der Waals surface area contributed by atoms with Crippen LogP contribution in [0.2, 0.25) is 0 Å². The quantitative estimate of drug-likeness (QED) is 0.927. The Kier molecular flexibility index (Phi) is 4.59. The molecule has 3 heteroatoms. The van der Waals surface area contributed by atoms with Crippen LogP contribution in [0.3, 0.4) is 0 Å². The Morgan fingerprint density at radius 3 is 2.86 bits per heavy atom. The molecule has 1 aromatic carbocycles. The Morgan fingerprint density at radius 2 is 2.05 bits per heavy atom. The third kappa shape index (κ3) is 3.29. The number of amides is 1. The highest BCUT2D eigenvalue weighted by Gasteiger charge is 2.30. The highest BCUT2D eigenvalue weighted by atomic mass is 16.3. The number of hydrogen-bond acceptors (Lipinski definition) is 2. The summed E-state index contributed by atoms with van der Waals surface area (Å²) in [5.74, 6) is 0.989. The van der Waals surface area contributed by atoms with Crippen LogP contribution in [0, 0.1) is 11.8 Å². The summed E-state index contributed by atoms with van der Waals surface area (Å²) in [5, 5.41) is 9.10. The highest BCUT2D eigenvalue weighted by Crippen LogP contribution is 2.28. The van der Waals surface area contributed by atoms with Crippen LogP contribution in [-0.4, -0.2) is 35.6 Å². The number of aryl methyl sites for hydroxylation is 1. The molecular formula is C18H25NO2. The van der Waals surface area contributed by atoms with Crippen molar-refractivity contribution >= 4 is 5.91 Å². The van der Waals surface area contributed by atoms with E-state index in [1.54, 1.807) is 0 Å². The van der Waals surface area contributed by atoms with E-state index in [1.165, 1.54) is 11.1 Å². The van der Waals surface area contributed by atoms with Crippen molar-refractivity contribution in [3.05, 3.63) is 35.4 Å². The van der Waals surface area contributed by atoms with Crippen LogP contribution in [0.4, 0.5) is 0 Å². The molecule has 21 heavy (non-hydrogen) atoms. The Balaban J connectivity index is 1.63. The first-order valence-electron chi connectivity index (χ1n) is 8.24. The van der Waals surface area contributed by atoms with Gasteiger partial charge in [-0.15, -0.1) is 0 Å². The Hall–Kier alpha value is -1.35. The van der Waals surface area contributed by atoms with Gasteiger partial charge in [0.25, 0.3) is 0 Å². The first-order valence-corrected chi connectivity index (χ1v) is 8.24. The van der Waals surface area contributed by atoms with Crippen LogP contribution in [0.25, 0.3) is 0 Å². The molecule has 3 nitrogen and oxygen atoms in total. The van der Waals surface area contributed by atoms with Gasteiger partial charge in [-0.2, -0.15) is 0 Å². The van der Waals surface area contributed by atoms with Gasteiger partial charge >= 0.3 is 0 Å². The van der Waals surface area contributed by atoms with E-state index in [-0.39, 0.29) is 12.5 Å². The van der Waals surface area contributed by atoms with Crippen LogP contribution >= 0.6 is 0 Å². The van der Waals surface area contributed by atoms with Gasteiger partial charge in [0.1, 0.15) is 0 Å². The Morgan fingerprint density at radius 1 is 1.24 bits per heavy atom. The molecule has 0 radical (unpaired) electrons. The third-order valence-corrected chi connectivity index (χ3v) is 5.06. The molecule has 1 N–H and O–H groups in total. The molecule has 1 fully saturated rings. The maximum Gasteiger partial charge on any atom is 0.226 e. The zero-order chi connectivity index (χ0) is 14.7. The summed E-state index contributed by atoms with van der Waals surface area (Å²) in [7, 11) is 0. The third-order valence-electron chi connectivity index (χ3n) is 5.06. The van der Waals surface area contributed by atoms with Gasteiger partial charge in [-0.25, -0.2) is 0 Å². The molecular weight excluding hydrogens is 262 g/mol. The lowest BCUT2D eigenvalue weighted by atomic mass is 9.82.